The molecular weight excluding hydrogens is 514 g/mol. The van der Waals surface area contributed by atoms with E-state index >= 15 is 0 Å². The molecule has 4 atom stereocenters. The van der Waals surface area contributed by atoms with Crippen molar-refractivity contribution in [3.05, 3.63) is 71.8 Å². The largest absolute Gasteiger partial charge is 0.445 e. The molecule has 0 aromatic heterocycles. The number of carbonyl (C=O) groups excluding carboxylic acids is 4. The first-order chi connectivity index (χ1) is 19.1. The SMILES string of the molecule is CC(=O)OC1OCN(C(=O)C(NC(=O)C(NC(=O)OCc2ccccc2)C(C)C)C(C)C)C1Cc1ccccc1. The van der Waals surface area contributed by atoms with Gasteiger partial charge in [0.25, 0.3) is 0 Å². The highest BCUT2D eigenvalue weighted by atomic mass is 16.7. The lowest BCUT2D eigenvalue weighted by Gasteiger charge is -2.32. The molecule has 4 unspecified atom stereocenters. The van der Waals surface area contributed by atoms with Crippen molar-refractivity contribution < 1.29 is 33.4 Å². The summed E-state index contributed by atoms with van der Waals surface area (Å²) in [7, 11) is 0. The van der Waals surface area contributed by atoms with Crippen molar-refractivity contribution in [2.45, 2.75) is 72.1 Å². The topological polar surface area (TPSA) is 123 Å². The van der Waals surface area contributed by atoms with Gasteiger partial charge in [-0.05, 0) is 29.4 Å². The molecule has 0 spiro atoms. The molecule has 40 heavy (non-hydrogen) atoms. The fourth-order valence-electron chi connectivity index (χ4n) is 4.43. The van der Waals surface area contributed by atoms with Crippen LogP contribution in [0.3, 0.4) is 0 Å². The quantitative estimate of drug-likeness (QED) is 0.409. The van der Waals surface area contributed by atoms with Gasteiger partial charge in [0, 0.05) is 6.92 Å². The van der Waals surface area contributed by atoms with Gasteiger partial charge in [-0.1, -0.05) is 88.4 Å². The zero-order valence-electron chi connectivity index (χ0n) is 23.7. The first-order valence-corrected chi connectivity index (χ1v) is 13.5. The van der Waals surface area contributed by atoms with Crippen LogP contribution < -0.4 is 10.6 Å². The number of nitrogens with one attached hydrogen (secondary N) is 2. The molecule has 1 aliphatic rings. The molecule has 3 rings (SSSR count). The van der Waals surface area contributed by atoms with Gasteiger partial charge in [0.1, 0.15) is 31.5 Å². The van der Waals surface area contributed by atoms with Gasteiger partial charge in [0.2, 0.25) is 18.1 Å². The summed E-state index contributed by atoms with van der Waals surface area (Å²) in [4.78, 5) is 52.9. The number of ether oxygens (including phenoxy) is 3. The predicted octanol–water partition coefficient (Wildman–Crippen LogP) is 3.40. The molecular formula is C30H39N3O7. The van der Waals surface area contributed by atoms with Crippen molar-refractivity contribution in [2.24, 2.45) is 11.8 Å². The Morgan fingerprint density at radius 3 is 2.00 bits per heavy atom. The third kappa shape index (κ3) is 8.54. The van der Waals surface area contributed by atoms with E-state index in [2.05, 4.69) is 10.6 Å². The van der Waals surface area contributed by atoms with Gasteiger partial charge in [0.05, 0.1) is 0 Å². The molecule has 1 aliphatic heterocycles. The van der Waals surface area contributed by atoms with Gasteiger partial charge in [0.15, 0.2) is 0 Å². The van der Waals surface area contributed by atoms with Crippen LogP contribution in [0.5, 0.6) is 0 Å². The summed E-state index contributed by atoms with van der Waals surface area (Å²) in [6, 6.07) is 16.3. The molecule has 0 aliphatic carbocycles. The molecule has 2 aromatic carbocycles. The van der Waals surface area contributed by atoms with E-state index < -0.39 is 42.4 Å². The van der Waals surface area contributed by atoms with Gasteiger partial charge >= 0.3 is 12.1 Å². The molecule has 0 radical (unpaired) electrons. The maximum atomic E-state index is 13.8. The molecule has 1 heterocycles. The molecule has 1 saturated heterocycles. The van der Waals surface area contributed by atoms with Gasteiger partial charge < -0.3 is 29.7 Å². The van der Waals surface area contributed by atoms with Crippen LogP contribution in [-0.2, 0) is 41.6 Å². The number of alkyl carbamates (subject to hydrolysis) is 1. The van der Waals surface area contributed by atoms with E-state index in [4.69, 9.17) is 14.2 Å². The number of rotatable bonds is 11. The Labute approximate surface area is 235 Å². The van der Waals surface area contributed by atoms with Gasteiger partial charge in [-0.2, -0.15) is 0 Å². The van der Waals surface area contributed by atoms with E-state index in [1.165, 1.54) is 11.8 Å². The summed E-state index contributed by atoms with van der Waals surface area (Å²) in [5.41, 5.74) is 1.76. The van der Waals surface area contributed by atoms with E-state index in [-0.39, 0.29) is 31.1 Å². The van der Waals surface area contributed by atoms with Gasteiger partial charge in [-0.25, -0.2) is 4.79 Å². The van der Waals surface area contributed by atoms with Crippen molar-refractivity contribution in [1.29, 1.82) is 0 Å². The minimum atomic E-state index is -0.936. The number of carbonyl (C=O) groups is 4. The Hall–Kier alpha value is -3.92. The molecule has 2 aromatic rings. The first-order valence-electron chi connectivity index (χ1n) is 13.5. The number of amides is 3. The average molecular weight is 554 g/mol. The molecule has 0 saturated carbocycles. The molecule has 0 bridgehead atoms. The Kier molecular flexibility index (Phi) is 11.1. The van der Waals surface area contributed by atoms with E-state index in [1.807, 2.05) is 74.5 Å². The Balaban J connectivity index is 1.71. The highest BCUT2D eigenvalue weighted by molar-refractivity contribution is 5.91. The highest BCUT2D eigenvalue weighted by Gasteiger charge is 2.43. The van der Waals surface area contributed by atoms with Gasteiger partial charge in [-0.3, -0.25) is 14.4 Å². The van der Waals surface area contributed by atoms with Crippen molar-refractivity contribution >= 4 is 23.9 Å². The van der Waals surface area contributed by atoms with Crippen LogP contribution in [0.15, 0.2) is 60.7 Å². The minimum absolute atomic E-state index is 0.0630. The second-order valence-electron chi connectivity index (χ2n) is 10.5. The number of esters is 1. The summed E-state index contributed by atoms with van der Waals surface area (Å²) < 4.78 is 16.3. The molecule has 10 heteroatoms. The highest BCUT2D eigenvalue weighted by Crippen LogP contribution is 2.25. The van der Waals surface area contributed by atoms with Crippen LogP contribution in [0.4, 0.5) is 4.79 Å². The van der Waals surface area contributed by atoms with E-state index in [0.29, 0.717) is 6.42 Å². The fraction of sp³-hybridized carbons (Fsp3) is 0.467. The third-order valence-corrected chi connectivity index (χ3v) is 6.61. The minimum Gasteiger partial charge on any atom is -0.445 e. The van der Waals surface area contributed by atoms with Crippen molar-refractivity contribution in [2.75, 3.05) is 6.73 Å². The maximum Gasteiger partial charge on any atom is 0.408 e. The monoisotopic (exact) mass is 553 g/mol. The summed E-state index contributed by atoms with van der Waals surface area (Å²) in [6.07, 6.45) is -1.27. The lowest BCUT2D eigenvalue weighted by atomic mass is 9.98. The summed E-state index contributed by atoms with van der Waals surface area (Å²) in [5, 5.41) is 5.46. The van der Waals surface area contributed by atoms with E-state index in [9.17, 15) is 19.2 Å². The number of hydrogen-bond donors (Lipinski definition) is 2. The molecule has 2 N–H and O–H groups in total. The van der Waals surface area contributed by atoms with Crippen molar-refractivity contribution in [1.82, 2.24) is 15.5 Å². The first kappa shape index (κ1) is 30.6. The number of hydrogen-bond acceptors (Lipinski definition) is 7. The molecule has 1 fully saturated rings. The molecule has 3 amide bonds. The Bertz CT molecular complexity index is 1140. The van der Waals surface area contributed by atoms with Crippen LogP contribution in [-0.4, -0.2) is 59.9 Å². The average Bonchev–Trinajstić information content (AvgIpc) is 3.30. The van der Waals surface area contributed by atoms with E-state index in [1.54, 1.807) is 13.8 Å². The zero-order chi connectivity index (χ0) is 29.2. The standard InChI is InChI=1S/C30H39N3O7/c1-19(2)25(32-30(37)38-17-23-14-10-7-11-15-23)27(35)31-26(20(3)4)28(36)33-18-39-29(40-21(5)34)24(33)16-22-12-8-6-9-13-22/h6-15,19-20,24-26,29H,16-18H2,1-5H3,(H,31,35)(H,32,37). The second-order valence-corrected chi connectivity index (χ2v) is 10.5. The lowest BCUT2D eigenvalue weighted by Crippen LogP contribution is -2.58. The third-order valence-electron chi connectivity index (χ3n) is 6.61. The van der Waals surface area contributed by atoms with E-state index in [0.717, 1.165) is 11.1 Å². The normalized spacial score (nSPS) is 18.2. The van der Waals surface area contributed by atoms with Crippen LogP contribution >= 0.6 is 0 Å². The fourth-order valence-corrected chi connectivity index (χ4v) is 4.43. The van der Waals surface area contributed by atoms with Gasteiger partial charge in [-0.15, -0.1) is 0 Å². The van der Waals surface area contributed by atoms with Crippen LogP contribution in [0.1, 0.15) is 45.7 Å². The maximum absolute atomic E-state index is 13.8. The van der Waals surface area contributed by atoms with Crippen molar-refractivity contribution in [3.8, 4) is 0 Å². The zero-order valence-corrected chi connectivity index (χ0v) is 23.7. The molecule has 10 nitrogen and oxygen atoms in total. The number of benzene rings is 2. The van der Waals surface area contributed by atoms with Crippen LogP contribution in [0, 0.1) is 11.8 Å². The summed E-state index contributed by atoms with van der Waals surface area (Å²) >= 11 is 0. The summed E-state index contributed by atoms with van der Waals surface area (Å²) in [6.45, 7) is 8.49. The lowest BCUT2D eigenvalue weighted by molar-refractivity contribution is -0.169. The smallest absolute Gasteiger partial charge is 0.408 e. The summed E-state index contributed by atoms with van der Waals surface area (Å²) in [5.74, 6) is -1.94. The van der Waals surface area contributed by atoms with Crippen LogP contribution in [0.2, 0.25) is 0 Å². The Morgan fingerprint density at radius 1 is 0.875 bits per heavy atom. The second kappa shape index (κ2) is 14.5. The Morgan fingerprint density at radius 2 is 1.45 bits per heavy atom. The van der Waals surface area contributed by atoms with Crippen molar-refractivity contribution in [3.63, 3.8) is 0 Å². The van der Waals surface area contributed by atoms with Crippen LogP contribution in [0.25, 0.3) is 0 Å². The predicted molar refractivity (Wildman–Crippen MR) is 147 cm³/mol. The molecule has 216 valence electrons. The number of nitrogens with zero attached hydrogens (tertiary/aromatic N) is 1.